The summed E-state index contributed by atoms with van der Waals surface area (Å²) in [4.78, 5) is 0. The van der Waals surface area contributed by atoms with Gasteiger partial charge >= 0.3 is 132 Å². The van der Waals surface area contributed by atoms with Crippen molar-refractivity contribution in [1.82, 2.24) is 0 Å². The zero-order valence-electron chi connectivity index (χ0n) is 11.7. The van der Waals surface area contributed by atoms with Crippen molar-refractivity contribution in [1.29, 1.82) is 0 Å². The molecule has 163 valence electrons. The zero-order chi connectivity index (χ0) is 21.7. The maximum absolute atomic E-state index is 14.5. The minimum atomic E-state index is -7.31. The van der Waals surface area contributed by atoms with Crippen molar-refractivity contribution in [2.24, 2.45) is 0 Å². The second-order valence-electron chi connectivity index (χ2n) is 4.79. The van der Waals surface area contributed by atoms with E-state index in [2.05, 4.69) is 9.84 Å². The predicted octanol–water partition coefficient (Wildman–Crippen LogP) is 5.06. The first-order valence-corrected chi connectivity index (χ1v) is 8.21. The van der Waals surface area contributed by atoms with Gasteiger partial charge in [-0.15, -0.1) is 0 Å². The fraction of sp³-hybridized carbons (Fsp3) is 0.700. The quantitative estimate of drug-likeness (QED) is 0.231. The average Bonchev–Trinajstić information content (AvgIpc) is 2.48. The third-order valence-electron chi connectivity index (χ3n) is 3.15. The predicted molar refractivity (Wildman–Crippen MR) is 51.8 cm³/mol. The summed E-state index contributed by atoms with van der Waals surface area (Å²) in [5, 5.41) is 3.20. The van der Waals surface area contributed by atoms with Crippen molar-refractivity contribution in [2.75, 3.05) is 0 Å². The van der Waals surface area contributed by atoms with Crippen molar-refractivity contribution in [3.05, 3.63) is 12.3 Å². The molecule has 0 N–H and O–H groups in total. The van der Waals surface area contributed by atoms with Crippen molar-refractivity contribution in [3.8, 4) is 0 Å². The maximum atomic E-state index is 14.5. The summed E-state index contributed by atoms with van der Waals surface area (Å²) in [6, 6.07) is -5.82. The van der Waals surface area contributed by atoms with Gasteiger partial charge in [-0.2, -0.15) is 0 Å². The van der Waals surface area contributed by atoms with E-state index in [0.717, 1.165) is 0 Å². The minimum absolute atomic E-state index is 1.30. The van der Waals surface area contributed by atoms with Gasteiger partial charge in [-0.1, -0.05) is 0 Å². The first-order valence-electron chi connectivity index (χ1n) is 5.82. The molecule has 2 nitrogen and oxygen atoms in total. The second kappa shape index (κ2) is 5.95. The monoisotopic (exact) mass is 670 g/mol. The number of halogens is 14. The Morgan fingerprint density at radius 2 is 1.30 bits per heavy atom. The topological polar surface area (TPSA) is 18.5 Å². The van der Waals surface area contributed by atoms with Gasteiger partial charge in [0.2, 0.25) is 0 Å². The fourth-order valence-corrected chi connectivity index (χ4v) is 2.94. The number of alkyl halides is 10. The molecule has 0 amide bonds. The zero-order valence-corrected chi connectivity index (χ0v) is 14.3. The van der Waals surface area contributed by atoms with Crippen LogP contribution in [0.1, 0.15) is 6.42 Å². The third kappa shape index (κ3) is 2.93. The van der Waals surface area contributed by atoms with Gasteiger partial charge in [0.05, 0.1) is 0 Å². The summed E-state index contributed by atoms with van der Waals surface area (Å²) in [7, 11) is 0. The van der Waals surface area contributed by atoms with Gasteiger partial charge in [0.15, 0.2) is 0 Å². The Balaban J connectivity index is 3.71. The average molecular weight is 672 g/mol. The van der Waals surface area contributed by atoms with E-state index in [-0.39, 0.29) is 0 Å². The van der Waals surface area contributed by atoms with E-state index in [9.17, 15) is 61.5 Å². The van der Waals surface area contributed by atoms with E-state index in [1.807, 2.05) is 0 Å². The van der Waals surface area contributed by atoms with Crippen LogP contribution < -0.4 is 0 Å². The van der Waals surface area contributed by atoms with Crippen LogP contribution in [0.25, 0.3) is 0 Å². The summed E-state index contributed by atoms with van der Waals surface area (Å²) >= 11 is 0. The van der Waals surface area contributed by atoms with Crippen molar-refractivity contribution in [2.45, 2.75) is 41.8 Å². The Kier molecular flexibility index (Phi) is 4.94. The molecule has 0 aromatic rings. The van der Waals surface area contributed by atoms with Gasteiger partial charge in [-0.25, -0.2) is 0 Å². The van der Waals surface area contributed by atoms with Crippen LogP contribution in [0.15, 0.2) is 12.3 Å². The molecule has 0 aromatic heterocycles. The van der Waals surface area contributed by atoms with E-state index in [1.165, 1.54) is 0 Å². The molecule has 1 fully saturated rings. The summed E-state index contributed by atoms with van der Waals surface area (Å²) in [5.74, 6) is -27.7. The Hall–Kier alpha value is -2.61. The fourth-order valence-electron chi connectivity index (χ4n) is 1.84. The van der Waals surface area contributed by atoms with Gasteiger partial charge < -0.3 is 0 Å². The molecule has 0 radical (unpaired) electrons. The van der Waals surface area contributed by atoms with Crippen molar-refractivity contribution >= 4 is 6.93 Å². The number of ether oxygens (including phenoxy) is 1. The van der Waals surface area contributed by atoms with Gasteiger partial charge in [-0.05, 0) is 0 Å². The third-order valence-corrected chi connectivity index (χ3v) is 4.51. The van der Waals surface area contributed by atoms with Crippen molar-refractivity contribution in [3.63, 3.8) is 0 Å². The summed E-state index contributed by atoms with van der Waals surface area (Å²) < 4.78 is 182. The van der Waals surface area contributed by atoms with E-state index < -0.39 is 61.1 Å². The van der Waals surface area contributed by atoms with Crippen LogP contribution in [0.4, 0.5) is 61.5 Å². The Morgan fingerprint density at radius 1 is 0.815 bits per heavy atom. The number of hydrogen-bond donors (Lipinski definition) is 0. The van der Waals surface area contributed by atoms with Crippen LogP contribution in [0.3, 0.4) is 0 Å². The molecular weight excluding hydrogens is 669 g/mol. The Labute approximate surface area is 134 Å². The molecular formula is C10H3CfF14O2. The molecule has 0 saturated heterocycles. The van der Waals surface area contributed by atoms with E-state index in [1.54, 1.807) is 0 Å². The van der Waals surface area contributed by atoms with Crippen LogP contribution in [0.2, 0.25) is 0 Å². The molecule has 1 rings (SSSR count). The van der Waals surface area contributed by atoms with Crippen molar-refractivity contribution < 1.29 is 71.3 Å². The summed E-state index contributed by atoms with van der Waals surface area (Å²) in [5.41, 5.74) is -6.29. The molecule has 0 aromatic carbocycles. The van der Waals surface area contributed by atoms with Crippen LogP contribution in [-0.2, 0) is 9.84 Å². The summed E-state index contributed by atoms with van der Waals surface area (Å²) in [6.45, 7) is -2.95. The molecule has 2 unspecified atom stereocenters. The first kappa shape index (κ1) is 22.4. The summed E-state index contributed by atoms with van der Waals surface area (Å²) in [6.07, 6.45) is -8.27. The molecule has 0 bridgehead atoms. The van der Waals surface area contributed by atoms with Gasteiger partial charge in [0.25, 0.3) is 0 Å². The molecule has 0 heterocycles. The number of hydrogen-bond acceptors (Lipinski definition) is 2. The first-order chi connectivity index (χ1) is 11.8. The molecule has 27 heavy (non-hydrogen) atoms. The van der Waals surface area contributed by atoms with E-state index in [4.69, 9.17) is 0 Å². The second-order valence-corrected chi connectivity index (χ2v) is 6.86. The van der Waals surface area contributed by atoms with Gasteiger partial charge in [-0.3, -0.25) is 0 Å². The van der Waals surface area contributed by atoms with Crippen LogP contribution in [0, 0.1) is 0 Å². The van der Waals surface area contributed by atoms with Gasteiger partial charge in [0, 0.05) is 0 Å². The molecule has 17 heteroatoms. The molecule has 1 aliphatic rings. The Morgan fingerprint density at radius 3 is 1.70 bits per heavy atom. The van der Waals surface area contributed by atoms with Crippen LogP contribution >= 0.6 is 0 Å². The van der Waals surface area contributed by atoms with E-state index in [0.29, 0.717) is 0 Å². The molecule has 1 saturated carbocycles. The molecule has 0 spiro atoms. The molecule has 2 atom stereocenters. The SMILES string of the molecule is FC(F)=COC(F)([O][Cf]=[C](F)F)C1(F)CC(F)(F)C(F)(F)C(F)(F)C1(F)F. The molecule has 0 aliphatic heterocycles. The number of rotatable bonds is 5. The molecule has 1 aliphatic carbocycles. The Bertz CT molecular complexity index is 618. The normalized spacial score (nSPS) is 29.9. The van der Waals surface area contributed by atoms with Crippen LogP contribution in [-0.4, -0.2) is 42.3 Å². The standard InChI is InChI=1S/C9H3F12O2.CF2.Cf/c10-3(11)1-23-9(21,22)4(12)2-5(13,14)7(17,18)8(19,20)6(4,15)16;2-1-3;/h1H,2H2;;/q-1;;+1. The van der Waals surface area contributed by atoms with E-state index >= 15 is 0 Å². The van der Waals surface area contributed by atoms with Crippen LogP contribution in [0.5, 0.6) is 0 Å². The van der Waals surface area contributed by atoms with Gasteiger partial charge in [0.1, 0.15) is 0 Å².